The normalized spacial score (nSPS) is 13.4. The van der Waals surface area contributed by atoms with Crippen LogP contribution in [0.4, 0.5) is 0 Å². The summed E-state index contributed by atoms with van der Waals surface area (Å²) >= 11 is 0. The number of aromatic nitrogens is 1. The van der Waals surface area contributed by atoms with Crippen LogP contribution in [-0.4, -0.2) is 4.57 Å². The molecule has 51 heavy (non-hydrogen) atoms. The maximum atomic E-state index is 2.44. The zero-order chi connectivity index (χ0) is 33.7. The summed E-state index contributed by atoms with van der Waals surface area (Å²) in [4.78, 5) is 0. The number of benzene rings is 8. The van der Waals surface area contributed by atoms with Gasteiger partial charge >= 0.3 is 0 Å². The summed E-state index contributed by atoms with van der Waals surface area (Å²) < 4.78 is 2.41. The molecule has 0 aliphatic heterocycles. The van der Waals surface area contributed by atoms with E-state index in [2.05, 4.69) is 193 Å². The standard InChI is InChI=1S/C50H33N/c1-32-22-28-41-46(30-32)50(43-18-8-5-14-38(43)39-15-6-9-19-44(39)50)45-20-11-17-37(49(41)45)34-23-26-36(27-24-34)51-47-21-10-7-16-40(47)42-31-35(25-29-48(42)51)33-12-3-2-4-13-33/h2-31H,1H3. The summed E-state index contributed by atoms with van der Waals surface area (Å²) in [6, 6.07) is 67.7. The number of para-hydroxylation sites is 1. The second kappa shape index (κ2) is 10.5. The highest BCUT2D eigenvalue weighted by molar-refractivity contribution is 6.10. The molecule has 0 unspecified atom stereocenters. The maximum absolute atomic E-state index is 2.44. The van der Waals surface area contributed by atoms with E-state index in [0.29, 0.717) is 0 Å². The number of fused-ring (bicyclic) bond motifs is 13. The van der Waals surface area contributed by atoms with Gasteiger partial charge in [0.15, 0.2) is 0 Å². The Kier molecular flexibility index (Phi) is 5.86. The average molecular weight is 648 g/mol. The smallest absolute Gasteiger partial charge is 0.0725 e. The monoisotopic (exact) mass is 647 g/mol. The van der Waals surface area contributed by atoms with Gasteiger partial charge in [-0.3, -0.25) is 0 Å². The number of rotatable bonds is 3. The molecule has 0 atom stereocenters. The molecule has 1 spiro atoms. The Balaban J connectivity index is 1.10. The lowest BCUT2D eigenvalue weighted by molar-refractivity contribution is 0.793. The Morgan fingerprint density at radius 3 is 1.78 bits per heavy atom. The van der Waals surface area contributed by atoms with Crippen molar-refractivity contribution in [3.63, 3.8) is 0 Å². The molecule has 0 fully saturated rings. The zero-order valence-electron chi connectivity index (χ0n) is 28.3. The molecule has 11 rings (SSSR count). The molecule has 1 heteroatoms. The molecule has 0 N–H and O–H groups in total. The van der Waals surface area contributed by atoms with Gasteiger partial charge in [0.1, 0.15) is 0 Å². The van der Waals surface area contributed by atoms with Crippen LogP contribution < -0.4 is 0 Å². The van der Waals surface area contributed by atoms with Gasteiger partial charge in [0.05, 0.1) is 16.4 Å². The molecule has 0 saturated heterocycles. The summed E-state index contributed by atoms with van der Waals surface area (Å²) in [7, 11) is 0. The number of nitrogens with zero attached hydrogens (tertiary/aromatic N) is 1. The third kappa shape index (κ3) is 3.81. The van der Waals surface area contributed by atoms with Crippen molar-refractivity contribution < 1.29 is 0 Å². The molecule has 2 aliphatic rings. The topological polar surface area (TPSA) is 4.93 Å². The van der Waals surface area contributed by atoms with Crippen molar-refractivity contribution in [3.05, 3.63) is 210 Å². The lowest BCUT2D eigenvalue weighted by Gasteiger charge is -2.30. The lowest BCUT2D eigenvalue weighted by Crippen LogP contribution is -2.25. The molecule has 238 valence electrons. The molecule has 1 nitrogen and oxygen atoms in total. The fraction of sp³-hybridized carbons (Fsp3) is 0.0400. The molecule has 1 aromatic heterocycles. The fourth-order valence-electron chi connectivity index (χ4n) is 9.39. The number of hydrogen-bond acceptors (Lipinski definition) is 0. The predicted octanol–water partition coefficient (Wildman–Crippen LogP) is 12.8. The number of aryl methyl sites for hydroxylation is 1. The van der Waals surface area contributed by atoms with Gasteiger partial charge < -0.3 is 4.57 Å². The van der Waals surface area contributed by atoms with Gasteiger partial charge in [0.25, 0.3) is 0 Å². The van der Waals surface area contributed by atoms with Crippen LogP contribution in [0.25, 0.3) is 72.0 Å². The highest BCUT2D eigenvalue weighted by Gasteiger charge is 2.52. The summed E-state index contributed by atoms with van der Waals surface area (Å²) in [6.07, 6.45) is 0. The highest BCUT2D eigenvalue weighted by atomic mass is 15.0. The van der Waals surface area contributed by atoms with E-state index in [1.54, 1.807) is 0 Å². The summed E-state index contributed by atoms with van der Waals surface area (Å²) in [6.45, 7) is 2.22. The minimum atomic E-state index is -0.346. The van der Waals surface area contributed by atoms with E-state index in [1.165, 1.54) is 94.1 Å². The van der Waals surface area contributed by atoms with Crippen LogP contribution in [0, 0.1) is 6.92 Å². The molecular formula is C50H33N. The van der Waals surface area contributed by atoms with Crippen molar-refractivity contribution >= 4 is 21.8 Å². The van der Waals surface area contributed by atoms with Crippen molar-refractivity contribution in [1.82, 2.24) is 4.57 Å². The largest absolute Gasteiger partial charge is 0.309 e. The highest BCUT2D eigenvalue weighted by Crippen LogP contribution is 2.64. The van der Waals surface area contributed by atoms with E-state index in [-0.39, 0.29) is 5.41 Å². The number of hydrogen-bond donors (Lipinski definition) is 0. The second-order valence-electron chi connectivity index (χ2n) is 14.1. The van der Waals surface area contributed by atoms with E-state index in [9.17, 15) is 0 Å². The van der Waals surface area contributed by atoms with Gasteiger partial charge in [-0.25, -0.2) is 0 Å². The Morgan fingerprint density at radius 1 is 0.373 bits per heavy atom. The molecule has 0 amide bonds. The Labute approximate surface area is 297 Å². The SMILES string of the molecule is Cc1ccc2c(c1)C1(c3ccccc3-c3ccccc31)c1cccc(-c3ccc(-n4c5ccccc5c5cc(-c6ccccc6)ccc54)cc3)c1-2. The Morgan fingerprint density at radius 2 is 1.00 bits per heavy atom. The van der Waals surface area contributed by atoms with Gasteiger partial charge in [-0.05, 0) is 104 Å². The summed E-state index contributed by atoms with van der Waals surface area (Å²) in [5, 5.41) is 2.54. The van der Waals surface area contributed by atoms with Crippen molar-refractivity contribution in [2.75, 3.05) is 0 Å². The van der Waals surface area contributed by atoms with Crippen molar-refractivity contribution in [3.8, 4) is 50.2 Å². The molecule has 0 saturated carbocycles. The Hall–Kier alpha value is -6.44. The van der Waals surface area contributed by atoms with Gasteiger partial charge in [0, 0.05) is 16.5 Å². The molecular weight excluding hydrogens is 615 g/mol. The van der Waals surface area contributed by atoms with Gasteiger partial charge in [-0.1, -0.05) is 157 Å². The van der Waals surface area contributed by atoms with Gasteiger partial charge in [-0.15, -0.1) is 0 Å². The van der Waals surface area contributed by atoms with Crippen LogP contribution in [0.15, 0.2) is 182 Å². The van der Waals surface area contributed by atoms with Crippen LogP contribution in [0.3, 0.4) is 0 Å². The minimum absolute atomic E-state index is 0.346. The van der Waals surface area contributed by atoms with Gasteiger partial charge in [-0.2, -0.15) is 0 Å². The van der Waals surface area contributed by atoms with E-state index in [1.807, 2.05) is 0 Å². The van der Waals surface area contributed by atoms with E-state index in [4.69, 9.17) is 0 Å². The van der Waals surface area contributed by atoms with E-state index < -0.39 is 0 Å². The maximum Gasteiger partial charge on any atom is 0.0725 e. The third-order valence-corrected chi connectivity index (χ3v) is 11.5. The quantitative estimate of drug-likeness (QED) is 0.180. The minimum Gasteiger partial charge on any atom is -0.309 e. The molecule has 8 aromatic carbocycles. The van der Waals surface area contributed by atoms with E-state index >= 15 is 0 Å². The first-order chi connectivity index (χ1) is 25.2. The van der Waals surface area contributed by atoms with Crippen LogP contribution in [0.1, 0.15) is 27.8 Å². The molecule has 1 heterocycles. The molecule has 2 aliphatic carbocycles. The summed E-state index contributed by atoms with van der Waals surface area (Å²) in [5.74, 6) is 0. The van der Waals surface area contributed by atoms with Crippen molar-refractivity contribution in [2.24, 2.45) is 0 Å². The first kappa shape index (κ1) is 28.4. The van der Waals surface area contributed by atoms with Crippen LogP contribution in [0.5, 0.6) is 0 Å². The van der Waals surface area contributed by atoms with E-state index in [0.717, 1.165) is 5.69 Å². The first-order valence-corrected chi connectivity index (χ1v) is 17.9. The first-order valence-electron chi connectivity index (χ1n) is 17.9. The van der Waals surface area contributed by atoms with Crippen LogP contribution >= 0.6 is 0 Å². The Bertz CT molecular complexity index is 2810. The molecule has 0 bridgehead atoms. The summed E-state index contributed by atoms with van der Waals surface area (Å²) in [5.41, 5.74) is 20.4. The zero-order valence-corrected chi connectivity index (χ0v) is 28.3. The lowest BCUT2D eigenvalue weighted by atomic mass is 9.70. The second-order valence-corrected chi connectivity index (χ2v) is 14.1. The van der Waals surface area contributed by atoms with Crippen molar-refractivity contribution in [2.45, 2.75) is 12.3 Å². The van der Waals surface area contributed by atoms with Gasteiger partial charge in [0.2, 0.25) is 0 Å². The molecule has 0 radical (unpaired) electrons. The van der Waals surface area contributed by atoms with Crippen LogP contribution in [-0.2, 0) is 5.41 Å². The molecule has 9 aromatic rings. The fourth-order valence-corrected chi connectivity index (χ4v) is 9.39. The third-order valence-electron chi connectivity index (χ3n) is 11.5. The van der Waals surface area contributed by atoms with Crippen LogP contribution in [0.2, 0.25) is 0 Å². The predicted molar refractivity (Wildman–Crippen MR) is 213 cm³/mol. The average Bonchev–Trinajstić information content (AvgIpc) is 3.79. The van der Waals surface area contributed by atoms with Crippen molar-refractivity contribution in [1.29, 1.82) is 0 Å².